The topological polar surface area (TPSA) is 109 Å². The van der Waals surface area contributed by atoms with Crippen molar-refractivity contribution in [2.24, 2.45) is 0 Å². The molecule has 1 fully saturated rings. The molecule has 0 aliphatic carbocycles. The highest BCUT2D eigenvalue weighted by Crippen LogP contribution is 2.35. The van der Waals surface area contributed by atoms with Gasteiger partial charge in [-0.05, 0) is 51.3 Å². The summed E-state index contributed by atoms with van der Waals surface area (Å²) in [7, 11) is -3.27. The van der Waals surface area contributed by atoms with E-state index in [9.17, 15) is 12.8 Å². The Bertz CT molecular complexity index is 1700. The van der Waals surface area contributed by atoms with Crippen LogP contribution in [0.2, 0.25) is 5.02 Å². The van der Waals surface area contributed by atoms with E-state index in [-0.39, 0.29) is 41.5 Å². The minimum atomic E-state index is -4.47. The number of rotatable bonds is 9. The van der Waals surface area contributed by atoms with Crippen molar-refractivity contribution in [3.8, 4) is 11.6 Å². The minimum Gasteiger partial charge on any atom is -0.487 e. The molecule has 0 amide bonds. The Hall–Kier alpha value is -3.55. The molecule has 14 heteroatoms. The number of ether oxygens (including phenoxy) is 3. The highest BCUT2D eigenvalue weighted by molar-refractivity contribution is 7.93. The van der Waals surface area contributed by atoms with Crippen LogP contribution in [0.1, 0.15) is 43.7 Å². The van der Waals surface area contributed by atoms with Crippen LogP contribution in [0.5, 0.6) is 11.6 Å². The van der Waals surface area contributed by atoms with E-state index in [0.29, 0.717) is 18.0 Å². The zero-order valence-electron chi connectivity index (χ0n) is 22.6. The van der Waals surface area contributed by atoms with Crippen LogP contribution in [0.15, 0.2) is 41.6 Å². The quantitative estimate of drug-likeness (QED) is 0.243. The number of pyridine rings is 2. The van der Waals surface area contributed by atoms with Gasteiger partial charge in [0.2, 0.25) is 5.88 Å². The number of nitrogens with zero attached hydrogens (tertiary/aromatic N) is 5. The van der Waals surface area contributed by atoms with E-state index in [1.54, 1.807) is 10.7 Å². The summed E-state index contributed by atoms with van der Waals surface area (Å²) in [5.74, 6) is -1.76. The lowest BCUT2D eigenvalue weighted by Crippen LogP contribution is -2.32. The molecule has 1 atom stereocenters. The van der Waals surface area contributed by atoms with Crippen molar-refractivity contribution < 1.29 is 31.4 Å². The molecule has 1 unspecified atom stereocenters. The van der Waals surface area contributed by atoms with Crippen molar-refractivity contribution in [1.29, 1.82) is 0 Å². The highest BCUT2D eigenvalue weighted by Gasteiger charge is 2.31. The lowest BCUT2D eigenvalue weighted by Gasteiger charge is -2.25. The summed E-state index contributed by atoms with van der Waals surface area (Å²) < 4.78 is 76.1. The second kappa shape index (κ2) is 11.7. The average molecular weight is 608 g/mol. The maximum Gasteiger partial charge on any atom is 0.269 e. The van der Waals surface area contributed by atoms with Crippen LogP contribution in [-0.2, 0) is 21.4 Å². The van der Waals surface area contributed by atoms with Gasteiger partial charge in [-0.25, -0.2) is 31.8 Å². The number of aromatic nitrogens is 4. The van der Waals surface area contributed by atoms with Crippen molar-refractivity contribution in [3.05, 3.63) is 64.6 Å². The predicted molar refractivity (Wildman–Crippen MR) is 148 cm³/mol. The molecule has 1 aliphatic rings. The summed E-state index contributed by atoms with van der Waals surface area (Å²) in [4.78, 5) is 7.67. The lowest BCUT2D eigenvalue weighted by molar-refractivity contribution is -0.0371. The van der Waals surface area contributed by atoms with Crippen molar-refractivity contribution in [1.82, 2.24) is 19.7 Å². The third kappa shape index (κ3) is 5.53. The molecule has 4 aromatic rings. The fourth-order valence-electron chi connectivity index (χ4n) is 4.75. The van der Waals surface area contributed by atoms with Crippen LogP contribution in [0.3, 0.4) is 0 Å². The zero-order chi connectivity index (χ0) is 29.3. The zero-order valence-corrected chi connectivity index (χ0v) is 24.2. The summed E-state index contributed by atoms with van der Waals surface area (Å²) in [5.41, 5.74) is 1.04. The second-order valence-corrected chi connectivity index (χ2v) is 11.6. The number of fused-ring (bicyclic) bond motifs is 1. The predicted octanol–water partition coefficient (Wildman–Crippen LogP) is 5.57. The summed E-state index contributed by atoms with van der Waals surface area (Å²) in [6.07, 6.45) is 5.05. The minimum absolute atomic E-state index is 0.0391. The highest BCUT2D eigenvalue weighted by atomic mass is 35.5. The van der Waals surface area contributed by atoms with E-state index in [2.05, 4.69) is 15.1 Å². The number of methoxy groups -OCH3 is 1. The van der Waals surface area contributed by atoms with Gasteiger partial charge in [0.25, 0.3) is 10.0 Å². The summed E-state index contributed by atoms with van der Waals surface area (Å²) in [6.45, 7) is 3.56. The molecular weight excluding hydrogens is 580 g/mol. The Morgan fingerprint density at radius 1 is 1.20 bits per heavy atom. The van der Waals surface area contributed by atoms with Gasteiger partial charge in [0.05, 0.1) is 35.9 Å². The van der Waals surface area contributed by atoms with Crippen molar-refractivity contribution in [2.75, 3.05) is 24.6 Å². The summed E-state index contributed by atoms with van der Waals surface area (Å²) in [5, 5.41) is 5.40. The third-order valence-corrected chi connectivity index (χ3v) is 9.02. The first-order valence-corrected chi connectivity index (χ1v) is 14.8. The molecule has 1 saturated heterocycles. The maximum atomic E-state index is 15.9. The molecule has 1 aromatic carbocycles. The van der Waals surface area contributed by atoms with Crippen LogP contribution < -0.4 is 13.8 Å². The van der Waals surface area contributed by atoms with Gasteiger partial charge in [-0.15, -0.1) is 0 Å². The Labute approximate surface area is 240 Å². The van der Waals surface area contributed by atoms with Crippen molar-refractivity contribution in [2.45, 2.75) is 50.8 Å². The molecule has 0 spiro atoms. The molecule has 0 saturated carbocycles. The van der Waals surface area contributed by atoms with Gasteiger partial charge in [0.15, 0.2) is 22.6 Å². The van der Waals surface area contributed by atoms with E-state index in [4.69, 9.17) is 25.8 Å². The molecule has 218 valence electrons. The summed E-state index contributed by atoms with van der Waals surface area (Å²) in [6, 6.07) is 5.14. The van der Waals surface area contributed by atoms with Crippen molar-refractivity contribution >= 4 is 38.3 Å². The number of anilines is 1. The fourth-order valence-corrected chi connectivity index (χ4v) is 6.54. The third-order valence-electron chi connectivity index (χ3n) is 6.79. The second-order valence-electron chi connectivity index (χ2n) is 9.37. The Morgan fingerprint density at radius 2 is 2.00 bits per heavy atom. The van der Waals surface area contributed by atoms with Gasteiger partial charge in [-0.1, -0.05) is 11.6 Å². The molecule has 41 heavy (non-hydrogen) atoms. The molecule has 3 aromatic heterocycles. The van der Waals surface area contributed by atoms with E-state index in [1.807, 2.05) is 6.92 Å². The Balaban J connectivity index is 1.43. The first-order valence-electron chi connectivity index (χ1n) is 12.9. The van der Waals surface area contributed by atoms with Gasteiger partial charge in [-0.3, -0.25) is 4.31 Å². The first-order chi connectivity index (χ1) is 19.6. The van der Waals surface area contributed by atoms with E-state index < -0.39 is 26.6 Å². The standard InChI is InChI=1S/C27H28ClF2N5O5S/c1-4-34(41(36,37)23-11-17(29)13-32-27(23)38-3)22-9-8-21(28)20(25(22)30)15-40-18-12-19-16(2)33-35(26(19)31-14-18)24-7-5-6-10-39-24/h8-9,11-14,24H,4-7,10,15H2,1-3H3. The largest absolute Gasteiger partial charge is 0.487 e. The van der Waals surface area contributed by atoms with Gasteiger partial charge in [0, 0.05) is 30.2 Å². The molecule has 0 radical (unpaired) electrons. The van der Waals surface area contributed by atoms with E-state index in [0.717, 1.165) is 46.9 Å². The number of aryl methyl sites for hydroxylation is 1. The van der Waals surface area contributed by atoms with Crippen LogP contribution in [0.25, 0.3) is 11.0 Å². The molecule has 0 bridgehead atoms. The molecule has 1 aliphatic heterocycles. The SMILES string of the molecule is CCN(c1ccc(Cl)c(COc2cnc3c(c2)c(C)nn3C2CCCCO2)c1F)S(=O)(=O)c1cc(F)cnc1OC. The van der Waals surface area contributed by atoms with Crippen LogP contribution >= 0.6 is 11.6 Å². The lowest BCUT2D eigenvalue weighted by atomic mass is 10.2. The van der Waals surface area contributed by atoms with Crippen LogP contribution in [-0.4, -0.2) is 48.4 Å². The fraction of sp³-hybridized carbons (Fsp3) is 0.370. The Kier molecular flexibility index (Phi) is 8.30. The monoisotopic (exact) mass is 607 g/mol. The number of sulfonamides is 1. The van der Waals surface area contributed by atoms with Gasteiger partial charge in [0.1, 0.15) is 18.2 Å². The first kappa shape index (κ1) is 29.0. The average Bonchev–Trinajstić information content (AvgIpc) is 3.30. The maximum absolute atomic E-state index is 15.9. The smallest absolute Gasteiger partial charge is 0.269 e. The molecule has 5 rings (SSSR count). The van der Waals surface area contributed by atoms with Gasteiger partial charge < -0.3 is 14.2 Å². The molecule has 4 heterocycles. The Morgan fingerprint density at radius 3 is 2.71 bits per heavy atom. The van der Waals surface area contributed by atoms with E-state index in [1.165, 1.54) is 32.4 Å². The summed E-state index contributed by atoms with van der Waals surface area (Å²) >= 11 is 6.31. The number of benzene rings is 1. The normalized spacial score (nSPS) is 15.7. The van der Waals surface area contributed by atoms with Gasteiger partial charge in [-0.2, -0.15) is 5.10 Å². The van der Waals surface area contributed by atoms with Crippen LogP contribution in [0.4, 0.5) is 14.5 Å². The molecule has 0 N–H and O–H groups in total. The van der Waals surface area contributed by atoms with E-state index >= 15 is 4.39 Å². The van der Waals surface area contributed by atoms with Crippen LogP contribution in [0, 0.1) is 18.6 Å². The number of halogens is 3. The van der Waals surface area contributed by atoms with Crippen molar-refractivity contribution in [3.63, 3.8) is 0 Å². The molecular formula is C27H28ClF2N5O5S. The number of hydrogen-bond donors (Lipinski definition) is 0. The van der Waals surface area contributed by atoms with Gasteiger partial charge >= 0.3 is 0 Å². The molecule has 10 nitrogen and oxygen atoms in total. The number of hydrogen-bond acceptors (Lipinski definition) is 8.